The molecule has 0 fully saturated rings. The van der Waals surface area contributed by atoms with Crippen LogP contribution in [0.5, 0.6) is 0 Å². The summed E-state index contributed by atoms with van der Waals surface area (Å²) in [6.45, 7) is 24.7. The number of esters is 2. The number of amides is 1. The van der Waals surface area contributed by atoms with E-state index in [0.29, 0.717) is 304 Å². The van der Waals surface area contributed by atoms with Crippen LogP contribution in [0.4, 0.5) is 0 Å². The number of carboxylic acids is 1. The van der Waals surface area contributed by atoms with Crippen molar-refractivity contribution in [2.24, 2.45) is 0 Å². The number of carbonyl (C=O) groups is 4. The number of carbonyl (C=O) groups excluding carboxylic acids is 3. The van der Waals surface area contributed by atoms with Gasteiger partial charge in [0, 0.05) is 6.54 Å². The first kappa shape index (κ1) is 90.9. The fourth-order valence-electron chi connectivity index (χ4n) is 6.79. The van der Waals surface area contributed by atoms with Crippen molar-refractivity contribution in [3.8, 4) is 0 Å². The number of aliphatic carboxylic acids is 1. The smallest absolute Gasteiger partial charge is 0.320 e. The minimum absolute atomic E-state index is 0.0129. The number of nitrogens with zero attached hydrogens (tertiary/aromatic N) is 1. The van der Waals surface area contributed by atoms with E-state index in [1.807, 2.05) is 0 Å². The second-order valence-electron chi connectivity index (χ2n) is 18.9. The lowest BCUT2D eigenvalue weighted by Gasteiger charge is -2.19. The molecule has 0 radical (unpaired) electrons. The number of rotatable bonds is 83. The van der Waals surface area contributed by atoms with Crippen molar-refractivity contribution in [2.75, 3.05) is 357 Å². The van der Waals surface area contributed by atoms with Crippen molar-refractivity contribution in [3.05, 3.63) is 0 Å². The highest BCUT2D eigenvalue weighted by Gasteiger charge is 2.19. The Kier molecular flexibility index (Phi) is 77.9. The summed E-state index contributed by atoms with van der Waals surface area (Å²) in [7, 11) is 0. The lowest BCUT2D eigenvalue weighted by atomic mass is 10.4. The molecule has 0 aromatic rings. The first-order valence-corrected chi connectivity index (χ1v) is 32.8. The van der Waals surface area contributed by atoms with Crippen LogP contribution in [-0.2, 0) is 142 Å². The molecule has 0 aliphatic heterocycles. The molecule has 0 aliphatic carbocycles. The Balaban J connectivity index is 3.18. The first-order chi connectivity index (χ1) is 46.4. The second kappa shape index (κ2) is 80.6. The number of nitrogens with one attached hydrogen (secondary N) is 1. The molecule has 0 unspecified atom stereocenters. The Morgan fingerprint density at radius 1 is 0.245 bits per heavy atom. The quantitative estimate of drug-likeness (QED) is 0.0567. The Hall–Kier alpha value is -3.12. The van der Waals surface area contributed by atoms with Crippen LogP contribution in [0.3, 0.4) is 0 Å². The minimum atomic E-state index is -0.882. The molecule has 94 heavy (non-hydrogen) atoms. The molecule has 33 nitrogen and oxygen atoms in total. The predicted molar refractivity (Wildman–Crippen MR) is 335 cm³/mol. The summed E-state index contributed by atoms with van der Waals surface area (Å²) in [5.74, 6) is -2.31. The van der Waals surface area contributed by atoms with Gasteiger partial charge in [-0.3, -0.25) is 24.1 Å². The van der Waals surface area contributed by atoms with Gasteiger partial charge in [-0.25, -0.2) is 0 Å². The number of hydrogen-bond donors (Lipinski definition) is 2. The molecule has 0 aromatic carbocycles. The summed E-state index contributed by atoms with van der Waals surface area (Å²) in [6, 6.07) is 0. The standard InChI is InChI=1S/C61H118N2O31/c1-3-93-60(67)56-63(57-61(68)94-4-2)55-58(64)62-6-8-70-10-12-72-14-16-74-18-20-76-22-24-78-26-28-80-30-32-82-34-36-84-38-40-86-42-44-88-46-48-90-50-52-92-54-53-91-51-49-89-47-45-87-43-41-85-39-37-83-35-33-81-31-29-79-27-25-77-23-21-75-19-17-73-15-13-71-11-9-69-7-5-59(65)66/h3-57H2,1-2H3,(H,62,64)(H,65,66). The summed E-state index contributed by atoms with van der Waals surface area (Å²) in [4.78, 5) is 47.7. The molecule has 0 atom stereocenters. The largest absolute Gasteiger partial charge is 0.481 e. The molecular formula is C61H118N2O31. The maximum atomic E-state index is 12.3. The number of hydrogen-bond acceptors (Lipinski definition) is 31. The average molecular weight is 1380 g/mol. The van der Waals surface area contributed by atoms with E-state index >= 15 is 0 Å². The molecule has 2 N–H and O–H groups in total. The topological polar surface area (TPSA) is 344 Å². The predicted octanol–water partition coefficient (Wildman–Crippen LogP) is -0.596. The highest BCUT2D eigenvalue weighted by molar-refractivity contribution is 5.81. The van der Waals surface area contributed by atoms with Gasteiger partial charge in [-0.2, -0.15) is 0 Å². The van der Waals surface area contributed by atoms with Crippen molar-refractivity contribution >= 4 is 23.8 Å². The fraction of sp³-hybridized carbons (Fsp3) is 0.934. The lowest BCUT2D eigenvalue weighted by Crippen LogP contribution is -2.43. The summed E-state index contributed by atoms with van der Waals surface area (Å²) >= 11 is 0. The van der Waals surface area contributed by atoms with E-state index in [2.05, 4.69) is 5.32 Å². The molecular weight excluding hydrogens is 1260 g/mol. The van der Waals surface area contributed by atoms with E-state index in [-0.39, 0.29) is 64.9 Å². The summed E-state index contributed by atoms with van der Waals surface area (Å²) in [6.07, 6.45) is -0.0129. The van der Waals surface area contributed by atoms with E-state index in [4.69, 9.17) is 128 Å². The molecule has 0 saturated carbocycles. The lowest BCUT2D eigenvalue weighted by molar-refractivity contribution is -0.148. The fourth-order valence-corrected chi connectivity index (χ4v) is 6.79. The molecule has 0 saturated heterocycles. The van der Waals surface area contributed by atoms with Crippen molar-refractivity contribution < 1.29 is 147 Å². The van der Waals surface area contributed by atoms with Gasteiger partial charge in [0.2, 0.25) is 5.91 Å². The van der Waals surface area contributed by atoms with Crippen molar-refractivity contribution in [2.45, 2.75) is 20.3 Å². The normalized spacial score (nSPS) is 11.6. The van der Waals surface area contributed by atoms with Crippen LogP contribution in [0.15, 0.2) is 0 Å². The van der Waals surface area contributed by atoms with Gasteiger partial charge in [0.05, 0.1) is 356 Å². The average Bonchev–Trinajstić information content (AvgIpc) is 2.63. The van der Waals surface area contributed by atoms with Crippen LogP contribution in [-0.4, -0.2) is 390 Å². The van der Waals surface area contributed by atoms with Gasteiger partial charge in [-0.15, -0.1) is 0 Å². The zero-order valence-corrected chi connectivity index (χ0v) is 56.5. The molecule has 558 valence electrons. The Morgan fingerprint density at radius 2 is 0.404 bits per heavy atom. The molecule has 0 heterocycles. The van der Waals surface area contributed by atoms with Crippen LogP contribution in [0.25, 0.3) is 0 Å². The summed E-state index contributed by atoms with van der Waals surface area (Å²) in [5, 5.41) is 11.2. The number of carboxylic acid groups (broad SMARTS) is 1. The monoisotopic (exact) mass is 1370 g/mol. The highest BCUT2D eigenvalue weighted by Crippen LogP contribution is 1.96. The maximum Gasteiger partial charge on any atom is 0.320 e. The van der Waals surface area contributed by atoms with Gasteiger partial charge in [0.1, 0.15) is 0 Å². The van der Waals surface area contributed by atoms with Crippen LogP contribution in [0, 0.1) is 0 Å². The van der Waals surface area contributed by atoms with Crippen LogP contribution in [0.2, 0.25) is 0 Å². The zero-order chi connectivity index (χ0) is 67.9. The third-order valence-electron chi connectivity index (χ3n) is 11.3. The van der Waals surface area contributed by atoms with E-state index < -0.39 is 17.9 Å². The molecule has 0 aliphatic rings. The zero-order valence-electron chi connectivity index (χ0n) is 56.5. The van der Waals surface area contributed by atoms with Crippen LogP contribution < -0.4 is 5.32 Å². The van der Waals surface area contributed by atoms with Crippen molar-refractivity contribution in [3.63, 3.8) is 0 Å². The van der Waals surface area contributed by atoms with Gasteiger partial charge >= 0.3 is 17.9 Å². The third-order valence-corrected chi connectivity index (χ3v) is 11.3. The van der Waals surface area contributed by atoms with Gasteiger partial charge in [0.25, 0.3) is 0 Å². The van der Waals surface area contributed by atoms with E-state index in [1.54, 1.807) is 13.8 Å². The Labute approximate surface area is 556 Å². The van der Waals surface area contributed by atoms with Crippen molar-refractivity contribution in [1.29, 1.82) is 0 Å². The Morgan fingerprint density at radius 3 is 0.564 bits per heavy atom. The molecule has 0 aromatic heterocycles. The molecule has 0 spiro atoms. The highest BCUT2D eigenvalue weighted by atomic mass is 16.6. The second-order valence-corrected chi connectivity index (χ2v) is 18.9. The van der Waals surface area contributed by atoms with E-state index in [0.717, 1.165) is 0 Å². The van der Waals surface area contributed by atoms with Crippen LogP contribution >= 0.6 is 0 Å². The first-order valence-electron chi connectivity index (χ1n) is 32.8. The van der Waals surface area contributed by atoms with E-state index in [1.165, 1.54) is 4.90 Å². The third kappa shape index (κ3) is 79.6. The molecule has 33 heteroatoms. The van der Waals surface area contributed by atoms with Crippen molar-refractivity contribution in [1.82, 2.24) is 10.2 Å². The maximum absolute atomic E-state index is 12.3. The Bertz CT molecular complexity index is 1540. The molecule has 0 bridgehead atoms. The SMILES string of the molecule is CCOC(=O)CN(CC(=O)NCCOCCOCCOCCOCCOCCOCCOCCOCCOCCOCCOCCOCCOCCOCCOCCOCCOCCOCCOCCOCCOCCOCCOCCOCCC(=O)O)CC(=O)OCC. The molecule has 1 amide bonds. The van der Waals surface area contributed by atoms with Gasteiger partial charge in [-0.1, -0.05) is 0 Å². The number of ether oxygens (including phenoxy) is 26. The molecule has 0 rings (SSSR count). The van der Waals surface area contributed by atoms with Gasteiger partial charge < -0.3 is 134 Å². The summed E-state index contributed by atoms with van der Waals surface area (Å²) < 4.78 is 141. The van der Waals surface area contributed by atoms with Crippen LogP contribution in [0.1, 0.15) is 20.3 Å². The van der Waals surface area contributed by atoms with Gasteiger partial charge in [-0.05, 0) is 13.8 Å². The van der Waals surface area contributed by atoms with Gasteiger partial charge in [0.15, 0.2) is 0 Å². The van der Waals surface area contributed by atoms with E-state index in [9.17, 15) is 19.2 Å². The minimum Gasteiger partial charge on any atom is -0.481 e. The summed E-state index contributed by atoms with van der Waals surface area (Å²) in [5.41, 5.74) is 0.